The first kappa shape index (κ1) is 13.9. The molecule has 1 atom stereocenters. The van der Waals surface area contributed by atoms with E-state index in [1.54, 1.807) is 0 Å². The van der Waals surface area contributed by atoms with Crippen molar-refractivity contribution < 1.29 is 5.11 Å². The molecule has 1 unspecified atom stereocenters. The second-order valence-electron chi connectivity index (χ2n) is 3.59. The maximum Gasteiger partial charge on any atom is 0.0564 e. The van der Waals surface area contributed by atoms with Crippen LogP contribution in [0.2, 0.25) is 0 Å². The van der Waals surface area contributed by atoms with Crippen LogP contribution in [0.5, 0.6) is 0 Å². The van der Waals surface area contributed by atoms with E-state index >= 15 is 0 Å². The summed E-state index contributed by atoms with van der Waals surface area (Å²) in [7, 11) is 0. The molecule has 2 nitrogen and oxygen atoms in total. The van der Waals surface area contributed by atoms with Crippen LogP contribution in [0.1, 0.15) is 26.2 Å². The van der Waals surface area contributed by atoms with Gasteiger partial charge in [0.2, 0.25) is 0 Å². The molecule has 1 aliphatic heterocycles. The molecule has 0 aliphatic carbocycles. The van der Waals surface area contributed by atoms with Crippen LogP contribution < -0.4 is 0 Å². The number of aliphatic hydroxyl groups is 1. The highest BCUT2D eigenvalue weighted by Gasteiger charge is 2.20. The van der Waals surface area contributed by atoms with Crippen molar-refractivity contribution in [3.63, 3.8) is 0 Å². The third-order valence-corrected chi connectivity index (χ3v) is 3.11. The highest BCUT2D eigenvalue weighted by atomic mass is 79.9. The Kier molecular flexibility index (Phi) is 7.70. The Balaban J connectivity index is 0.00000144. The minimum atomic E-state index is -0.0441. The van der Waals surface area contributed by atoms with Crippen molar-refractivity contribution in [1.82, 2.24) is 4.90 Å². The monoisotopic (exact) mass is 315 g/mol. The molecule has 1 N–H and O–H groups in total. The first-order chi connectivity index (χ1) is 5.74. The molecule has 1 saturated heterocycles. The van der Waals surface area contributed by atoms with E-state index in [4.69, 9.17) is 0 Å². The number of aliphatic hydroxyl groups excluding tert-OH is 1. The Hall–Kier alpha value is 0.880. The van der Waals surface area contributed by atoms with Gasteiger partial charge in [0.1, 0.15) is 0 Å². The molecule has 4 heteroatoms. The molecule has 0 saturated carbocycles. The minimum Gasteiger partial charge on any atom is -0.393 e. The Morgan fingerprint density at radius 3 is 2.46 bits per heavy atom. The summed E-state index contributed by atoms with van der Waals surface area (Å²) in [5.74, 6) is 0. The molecule has 1 aliphatic rings. The fraction of sp³-hybridized carbons (Fsp3) is 1.00. The number of piperidine rings is 1. The molecular weight excluding hydrogens is 298 g/mol. The maximum atomic E-state index is 9.30. The molecule has 1 heterocycles. The number of alkyl halides is 1. The molecule has 1 fully saturated rings. The Labute approximate surface area is 99.6 Å². The lowest BCUT2D eigenvalue weighted by Gasteiger charge is -2.34. The number of hydrogen-bond donors (Lipinski definition) is 1. The van der Waals surface area contributed by atoms with Gasteiger partial charge in [-0.15, -0.1) is 17.0 Å². The standard InChI is InChI=1S/C9H18BrNO.BrH/c1-8(2-5-10)11-6-3-9(12)4-7-11;/h8-9,12H,2-7H2,1H3;1H. The van der Waals surface area contributed by atoms with E-state index in [0.29, 0.717) is 6.04 Å². The van der Waals surface area contributed by atoms with Crippen molar-refractivity contribution in [3.8, 4) is 0 Å². The Morgan fingerprint density at radius 1 is 1.46 bits per heavy atom. The van der Waals surface area contributed by atoms with Crippen molar-refractivity contribution in [2.24, 2.45) is 0 Å². The molecular formula is C9H19Br2NO. The van der Waals surface area contributed by atoms with Crippen LogP contribution in [0.4, 0.5) is 0 Å². The number of hydrogen-bond acceptors (Lipinski definition) is 2. The lowest BCUT2D eigenvalue weighted by atomic mass is 10.1. The van der Waals surface area contributed by atoms with Gasteiger partial charge >= 0.3 is 0 Å². The zero-order valence-electron chi connectivity index (χ0n) is 8.08. The van der Waals surface area contributed by atoms with Crippen molar-refractivity contribution in [3.05, 3.63) is 0 Å². The van der Waals surface area contributed by atoms with Gasteiger partial charge in [-0.25, -0.2) is 0 Å². The summed E-state index contributed by atoms with van der Waals surface area (Å²) >= 11 is 3.45. The van der Waals surface area contributed by atoms with Gasteiger partial charge in [-0.05, 0) is 26.2 Å². The minimum absolute atomic E-state index is 0. The van der Waals surface area contributed by atoms with E-state index in [1.807, 2.05) is 0 Å². The summed E-state index contributed by atoms with van der Waals surface area (Å²) in [4.78, 5) is 2.47. The summed E-state index contributed by atoms with van der Waals surface area (Å²) in [6, 6.07) is 0.664. The van der Waals surface area contributed by atoms with Gasteiger partial charge in [0, 0.05) is 24.5 Å². The van der Waals surface area contributed by atoms with Crippen LogP contribution >= 0.6 is 32.9 Å². The predicted molar refractivity (Wildman–Crippen MR) is 65.0 cm³/mol. The lowest BCUT2D eigenvalue weighted by molar-refractivity contribution is 0.0642. The van der Waals surface area contributed by atoms with Gasteiger partial charge in [-0.1, -0.05) is 15.9 Å². The fourth-order valence-electron chi connectivity index (χ4n) is 1.67. The van der Waals surface area contributed by atoms with Crippen molar-refractivity contribution >= 4 is 32.9 Å². The average molecular weight is 317 g/mol. The number of rotatable bonds is 3. The molecule has 80 valence electrons. The van der Waals surface area contributed by atoms with Gasteiger partial charge in [0.05, 0.1) is 6.10 Å². The van der Waals surface area contributed by atoms with Gasteiger partial charge in [0.25, 0.3) is 0 Å². The average Bonchev–Trinajstić information content (AvgIpc) is 2.06. The summed E-state index contributed by atoms with van der Waals surface area (Å²) in [6.07, 6.45) is 3.06. The van der Waals surface area contributed by atoms with Crippen LogP contribution in [0.25, 0.3) is 0 Å². The van der Waals surface area contributed by atoms with Crippen LogP contribution in [0.3, 0.4) is 0 Å². The second kappa shape index (κ2) is 7.21. The highest BCUT2D eigenvalue weighted by Crippen LogP contribution is 2.14. The molecule has 1 rings (SSSR count). The summed E-state index contributed by atoms with van der Waals surface area (Å²) in [6.45, 7) is 4.39. The smallest absolute Gasteiger partial charge is 0.0564 e. The number of nitrogens with zero attached hydrogens (tertiary/aromatic N) is 1. The molecule has 13 heavy (non-hydrogen) atoms. The number of likely N-dealkylation sites (tertiary alicyclic amines) is 1. The largest absolute Gasteiger partial charge is 0.393 e. The van der Waals surface area contributed by atoms with Crippen LogP contribution in [0, 0.1) is 0 Å². The van der Waals surface area contributed by atoms with Crippen LogP contribution in [0.15, 0.2) is 0 Å². The summed E-state index contributed by atoms with van der Waals surface area (Å²) in [5.41, 5.74) is 0. The quantitative estimate of drug-likeness (QED) is 0.807. The molecule has 0 aromatic carbocycles. The molecule has 0 radical (unpaired) electrons. The van der Waals surface area contributed by atoms with Crippen molar-refractivity contribution in [2.75, 3.05) is 18.4 Å². The van der Waals surface area contributed by atoms with E-state index in [9.17, 15) is 5.11 Å². The SMILES string of the molecule is Br.CC(CCBr)N1CCC(O)CC1. The highest BCUT2D eigenvalue weighted by molar-refractivity contribution is 9.09. The van der Waals surface area contributed by atoms with Crippen molar-refractivity contribution in [2.45, 2.75) is 38.3 Å². The second-order valence-corrected chi connectivity index (χ2v) is 4.39. The zero-order valence-corrected chi connectivity index (χ0v) is 11.4. The van der Waals surface area contributed by atoms with Crippen LogP contribution in [-0.4, -0.2) is 40.6 Å². The van der Waals surface area contributed by atoms with E-state index in [-0.39, 0.29) is 23.1 Å². The van der Waals surface area contributed by atoms with Crippen LogP contribution in [-0.2, 0) is 0 Å². The third-order valence-electron chi connectivity index (χ3n) is 2.65. The molecule has 0 aromatic heterocycles. The fourth-order valence-corrected chi connectivity index (χ4v) is 2.33. The van der Waals surface area contributed by atoms with E-state index < -0.39 is 0 Å². The van der Waals surface area contributed by atoms with Gasteiger partial charge in [-0.3, -0.25) is 0 Å². The van der Waals surface area contributed by atoms with Crippen molar-refractivity contribution in [1.29, 1.82) is 0 Å². The van der Waals surface area contributed by atoms with Gasteiger partial charge < -0.3 is 10.0 Å². The zero-order chi connectivity index (χ0) is 8.97. The van der Waals surface area contributed by atoms with E-state index in [1.165, 1.54) is 6.42 Å². The van der Waals surface area contributed by atoms with Gasteiger partial charge in [-0.2, -0.15) is 0 Å². The first-order valence-electron chi connectivity index (χ1n) is 4.72. The molecule has 0 spiro atoms. The topological polar surface area (TPSA) is 23.5 Å². The first-order valence-corrected chi connectivity index (χ1v) is 5.84. The normalized spacial score (nSPS) is 22.4. The molecule has 0 aromatic rings. The van der Waals surface area contributed by atoms with Gasteiger partial charge in [0.15, 0.2) is 0 Å². The maximum absolute atomic E-state index is 9.30. The van der Waals surface area contributed by atoms with E-state index in [2.05, 4.69) is 27.8 Å². The number of halogens is 2. The summed E-state index contributed by atoms with van der Waals surface area (Å²) < 4.78 is 0. The Morgan fingerprint density at radius 2 is 2.00 bits per heavy atom. The lowest BCUT2D eigenvalue weighted by Crippen LogP contribution is -2.41. The third kappa shape index (κ3) is 4.77. The summed E-state index contributed by atoms with van der Waals surface area (Å²) in [5, 5.41) is 10.4. The predicted octanol–water partition coefficient (Wildman–Crippen LogP) is 2.19. The van der Waals surface area contributed by atoms with E-state index in [0.717, 1.165) is 31.3 Å². The molecule has 0 bridgehead atoms. The molecule has 0 amide bonds. The Bertz CT molecular complexity index is 127.